The molecule has 0 aromatic carbocycles. The second-order valence-corrected chi connectivity index (χ2v) is 8.25. The highest BCUT2D eigenvalue weighted by atomic mass is 16.4. The molecule has 1 amide bonds. The molecule has 0 aliphatic heterocycles. The maximum absolute atomic E-state index is 12.2. The van der Waals surface area contributed by atoms with E-state index in [2.05, 4.69) is 26.1 Å². The highest BCUT2D eigenvalue weighted by molar-refractivity contribution is 5.98. The second-order valence-electron chi connectivity index (χ2n) is 8.25. The Kier molecular flexibility index (Phi) is 5.21. The van der Waals surface area contributed by atoms with Crippen LogP contribution >= 0.6 is 0 Å². The monoisotopic (exact) mass is 271 g/mol. The van der Waals surface area contributed by atoms with Crippen molar-refractivity contribution in [3.05, 3.63) is 0 Å². The van der Waals surface area contributed by atoms with Gasteiger partial charge in [0.15, 0.2) is 0 Å². The SMILES string of the molecule is CC(C)(C)CC(C)(C)NC(=O)C(C(=O)O)C(C)(C)C. The first-order valence-corrected chi connectivity index (χ1v) is 6.70. The maximum atomic E-state index is 12.2. The largest absolute Gasteiger partial charge is 0.481 e. The van der Waals surface area contributed by atoms with Crippen molar-refractivity contribution in [3.63, 3.8) is 0 Å². The van der Waals surface area contributed by atoms with Crippen LogP contribution in [0.2, 0.25) is 0 Å². The number of rotatable bonds is 4. The highest BCUT2D eigenvalue weighted by Crippen LogP contribution is 2.30. The third-order valence-corrected chi connectivity index (χ3v) is 2.81. The second kappa shape index (κ2) is 5.51. The van der Waals surface area contributed by atoms with Crippen LogP contribution in [0, 0.1) is 16.7 Å². The lowest BCUT2D eigenvalue weighted by Gasteiger charge is -2.36. The average molecular weight is 271 g/mol. The van der Waals surface area contributed by atoms with Crippen molar-refractivity contribution in [1.29, 1.82) is 0 Å². The van der Waals surface area contributed by atoms with Gasteiger partial charge in [-0.25, -0.2) is 0 Å². The molecule has 0 spiro atoms. The summed E-state index contributed by atoms with van der Waals surface area (Å²) < 4.78 is 0. The Morgan fingerprint density at radius 3 is 1.68 bits per heavy atom. The quantitative estimate of drug-likeness (QED) is 0.772. The van der Waals surface area contributed by atoms with E-state index in [9.17, 15) is 14.7 Å². The molecule has 2 N–H and O–H groups in total. The number of carbonyl (C=O) groups excluding carboxylic acids is 1. The number of amides is 1. The molecule has 1 atom stereocenters. The standard InChI is InChI=1S/C15H29NO3/c1-13(2,3)9-15(7,8)16-11(17)10(12(18)19)14(4,5)6/h10H,9H2,1-8H3,(H,16,17)(H,18,19). The van der Waals surface area contributed by atoms with E-state index in [0.29, 0.717) is 0 Å². The molecule has 4 heteroatoms. The predicted molar refractivity (Wildman–Crippen MR) is 76.9 cm³/mol. The molecular formula is C15H29NO3. The first kappa shape index (κ1) is 17.9. The Balaban J connectivity index is 4.98. The number of carboxylic acid groups (broad SMARTS) is 1. The number of hydrogen-bond donors (Lipinski definition) is 2. The van der Waals surface area contributed by atoms with Crippen molar-refractivity contribution in [2.24, 2.45) is 16.7 Å². The molecule has 0 radical (unpaired) electrons. The lowest BCUT2D eigenvalue weighted by Crippen LogP contribution is -2.52. The van der Waals surface area contributed by atoms with Crippen molar-refractivity contribution in [2.45, 2.75) is 67.3 Å². The number of carboxylic acids is 1. The zero-order valence-electron chi connectivity index (χ0n) is 13.5. The van der Waals surface area contributed by atoms with Gasteiger partial charge in [-0.3, -0.25) is 9.59 Å². The van der Waals surface area contributed by atoms with Crippen LogP contribution in [0.4, 0.5) is 0 Å². The van der Waals surface area contributed by atoms with Crippen molar-refractivity contribution in [1.82, 2.24) is 5.32 Å². The first-order chi connectivity index (χ1) is 8.16. The van der Waals surface area contributed by atoms with Gasteiger partial charge in [-0.1, -0.05) is 41.5 Å². The smallest absolute Gasteiger partial charge is 0.316 e. The Morgan fingerprint density at radius 1 is 1.00 bits per heavy atom. The average Bonchev–Trinajstić information content (AvgIpc) is 1.90. The van der Waals surface area contributed by atoms with Crippen LogP contribution in [0.3, 0.4) is 0 Å². The van der Waals surface area contributed by atoms with E-state index in [0.717, 1.165) is 6.42 Å². The third-order valence-electron chi connectivity index (χ3n) is 2.81. The third kappa shape index (κ3) is 6.60. The molecule has 0 aromatic heterocycles. The van der Waals surface area contributed by atoms with Gasteiger partial charge >= 0.3 is 5.97 Å². The molecule has 1 unspecified atom stereocenters. The molecule has 112 valence electrons. The highest BCUT2D eigenvalue weighted by Gasteiger charge is 2.40. The van der Waals surface area contributed by atoms with Crippen LogP contribution in [-0.4, -0.2) is 22.5 Å². The van der Waals surface area contributed by atoms with Crippen LogP contribution < -0.4 is 5.32 Å². The van der Waals surface area contributed by atoms with Gasteiger partial charge in [0, 0.05) is 5.54 Å². The summed E-state index contributed by atoms with van der Waals surface area (Å²) in [4.78, 5) is 23.5. The van der Waals surface area contributed by atoms with Gasteiger partial charge < -0.3 is 10.4 Å². The molecule has 0 saturated heterocycles. The molecule has 0 fully saturated rings. The van der Waals surface area contributed by atoms with Gasteiger partial charge in [0.2, 0.25) is 5.91 Å². The number of aliphatic carboxylic acids is 1. The van der Waals surface area contributed by atoms with Gasteiger partial charge in [-0.15, -0.1) is 0 Å². The van der Waals surface area contributed by atoms with Crippen molar-refractivity contribution in [2.75, 3.05) is 0 Å². The Morgan fingerprint density at radius 2 is 1.42 bits per heavy atom. The summed E-state index contributed by atoms with van der Waals surface area (Å²) in [5.74, 6) is -2.52. The zero-order chi connectivity index (χ0) is 15.6. The Bertz CT molecular complexity index is 345. The molecule has 0 aromatic rings. The minimum Gasteiger partial charge on any atom is -0.481 e. The molecule has 0 heterocycles. The van der Waals surface area contributed by atoms with E-state index in [4.69, 9.17) is 0 Å². The zero-order valence-corrected chi connectivity index (χ0v) is 13.5. The summed E-state index contributed by atoms with van der Waals surface area (Å²) in [6.07, 6.45) is 0.780. The fourth-order valence-corrected chi connectivity index (χ4v) is 2.65. The van der Waals surface area contributed by atoms with Crippen molar-refractivity contribution < 1.29 is 14.7 Å². The van der Waals surface area contributed by atoms with E-state index in [1.54, 1.807) is 20.8 Å². The molecule has 0 rings (SSSR count). The predicted octanol–water partition coefficient (Wildman–Crippen LogP) is 3.06. The fraction of sp³-hybridized carbons (Fsp3) is 0.867. The number of hydrogen-bond acceptors (Lipinski definition) is 2. The maximum Gasteiger partial charge on any atom is 0.316 e. The Hall–Kier alpha value is -1.06. The molecule has 0 saturated carbocycles. The minimum atomic E-state index is -1.07. The first-order valence-electron chi connectivity index (χ1n) is 6.70. The van der Waals surface area contributed by atoms with Gasteiger partial charge in [-0.2, -0.15) is 0 Å². The normalized spacial score (nSPS) is 14.9. The van der Waals surface area contributed by atoms with Crippen LogP contribution in [0.15, 0.2) is 0 Å². The topological polar surface area (TPSA) is 66.4 Å². The molecule has 0 aliphatic rings. The molecule has 4 nitrogen and oxygen atoms in total. The van der Waals surface area contributed by atoms with Crippen LogP contribution in [-0.2, 0) is 9.59 Å². The summed E-state index contributed by atoms with van der Waals surface area (Å²) in [6.45, 7) is 15.4. The van der Waals surface area contributed by atoms with Crippen LogP contribution in [0.1, 0.15) is 61.8 Å². The summed E-state index contributed by atoms with van der Waals surface area (Å²) in [5, 5.41) is 12.1. The summed E-state index contributed by atoms with van der Waals surface area (Å²) in [5.41, 5.74) is -0.959. The fourth-order valence-electron chi connectivity index (χ4n) is 2.65. The summed E-state index contributed by atoms with van der Waals surface area (Å²) in [6, 6.07) is 0. The van der Waals surface area contributed by atoms with Gasteiger partial charge in [0.25, 0.3) is 0 Å². The molecule has 0 bridgehead atoms. The van der Waals surface area contributed by atoms with E-state index < -0.39 is 28.7 Å². The molecular weight excluding hydrogens is 242 g/mol. The lowest BCUT2D eigenvalue weighted by molar-refractivity contribution is -0.152. The van der Waals surface area contributed by atoms with E-state index in [1.165, 1.54) is 0 Å². The number of carbonyl (C=O) groups is 2. The van der Waals surface area contributed by atoms with E-state index in [1.807, 2.05) is 13.8 Å². The van der Waals surface area contributed by atoms with Crippen LogP contribution in [0.5, 0.6) is 0 Å². The van der Waals surface area contributed by atoms with E-state index >= 15 is 0 Å². The summed E-state index contributed by atoms with van der Waals surface area (Å²) in [7, 11) is 0. The van der Waals surface area contributed by atoms with Gasteiger partial charge in [-0.05, 0) is 31.1 Å². The Labute approximate surface area is 117 Å². The lowest BCUT2D eigenvalue weighted by atomic mass is 9.78. The molecule has 19 heavy (non-hydrogen) atoms. The van der Waals surface area contributed by atoms with Crippen LogP contribution in [0.25, 0.3) is 0 Å². The van der Waals surface area contributed by atoms with Crippen molar-refractivity contribution >= 4 is 11.9 Å². The molecule has 0 aliphatic carbocycles. The van der Waals surface area contributed by atoms with Crippen molar-refractivity contribution in [3.8, 4) is 0 Å². The van der Waals surface area contributed by atoms with Gasteiger partial charge in [0.1, 0.15) is 5.92 Å². The summed E-state index contributed by atoms with van der Waals surface area (Å²) >= 11 is 0. The van der Waals surface area contributed by atoms with Gasteiger partial charge in [0.05, 0.1) is 0 Å². The minimum absolute atomic E-state index is 0.0667. The number of nitrogens with one attached hydrogen (secondary N) is 1. The van der Waals surface area contributed by atoms with E-state index in [-0.39, 0.29) is 5.41 Å².